The van der Waals surface area contributed by atoms with Gasteiger partial charge >= 0.3 is 0 Å². The standard InChI is InChI=1S/C7H2Cl2F2INO/c8-2-1-3(12)5(7(10)11)13-4(2)6(9)14/h1,7H. The molecular formula is C7H2Cl2F2INO. The molecule has 0 saturated carbocycles. The van der Waals surface area contributed by atoms with Crippen molar-refractivity contribution in [3.8, 4) is 0 Å². The van der Waals surface area contributed by atoms with Crippen molar-refractivity contribution >= 4 is 51.0 Å². The lowest BCUT2D eigenvalue weighted by atomic mass is 10.3. The van der Waals surface area contributed by atoms with Crippen molar-refractivity contribution in [3.05, 3.63) is 26.0 Å². The zero-order chi connectivity index (χ0) is 10.9. The Morgan fingerprint density at radius 2 is 2.14 bits per heavy atom. The Morgan fingerprint density at radius 1 is 1.57 bits per heavy atom. The maximum Gasteiger partial charge on any atom is 0.281 e. The minimum atomic E-state index is -2.76. The summed E-state index contributed by atoms with van der Waals surface area (Å²) in [5.74, 6) is 0. The van der Waals surface area contributed by atoms with Gasteiger partial charge in [-0.05, 0) is 40.3 Å². The van der Waals surface area contributed by atoms with Gasteiger partial charge in [-0.25, -0.2) is 13.8 Å². The third kappa shape index (κ3) is 2.52. The lowest BCUT2D eigenvalue weighted by molar-refractivity contribution is 0.107. The number of carbonyl (C=O) groups is 1. The normalized spacial score (nSPS) is 10.7. The lowest BCUT2D eigenvalue weighted by Crippen LogP contribution is -2.03. The molecule has 0 atom stereocenters. The zero-order valence-corrected chi connectivity index (χ0v) is 10.1. The highest BCUT2D eigenvalue weighted by Gasteiger charge is 2.19. The number of rotatable bonds is 2. The summed E-state index contributed by atoms with van der Waals surface area (Å²) in [6.07, 6.45) is -2.76. The van der Waals surface area contributed by atoms with Crippen molar-refractivity contribution in [3.63, 3.8) is 0 Å². The zero-order valence-electron chi connectivity index (χ0n) is 6.40. The van der Waals surface area contributed by atoms with Gasteiger partial charge in [-0.2, -0.15) is 0 Å². The van der Waals surface area contributed by atoms with Crippen molar-refractivity contribution in [1.29, 1.82) is 0 Å². The average molecular weight is 352 g/mol. The molecule has 2 nitrogen and oxygen atoms in total. The Morgan fingerprint density at radius 3 is 2.57 bits per heavy atom. The van der Waals surface area contributed by atoms with E-state index in [1.54, 1.807) is 22.6 Å². The van der Waals surface area contributed by atoms with E-state index < -0.39 is 17.4 Å². The molecule has 0 amide bonds. The van der Waals surface area contributed by atoms with E-state index in [0.29, 0.717) is 0 Å². The summed E-state index contributed by atoms with van der Waals surface area (Å²) in [6, 6.07) is 1.23. The highest BCUT2D eigenvalue weighted by Crippen LogP contribution is 2.27. The molecule has 0 aliphatic carbocycles. The smallest absolute Gasteiger partial charge is 0.274 e. The minimum Gasteiger partial charge on any atom is -0.274 e. The second-order valence-corrected chi connectivity index (χ2v) is 4.17. The number of alkyl halides is 2. The van der Waals surface area contributed by atoms with Gasteiger partial charge in [0.05, 0.1) is 5.02 Å². The number of pyridine rings is 1. The predicted molar refractivity (Wildman–Crippen MR) is 57.1 cm³/mol. The Kier molecular flexibility index (Phi) is 4.03. The van der Waals surface area contributed by atoms with Crippen LogP contribution in [0.2, 0.25) is 5.02 Å². The SMILES string of the molecule is O=C(Cl)c1nc(C(F)F)c(I)cc1Cl. The second-order valence-electron chi connectivity index (χ2n) is 2.26. The molecule has 0 unspecified atom stereocenters. The van der Waals surface area contributed by atoms with Crippen molar-refractivity contribution in [2.24, 2.45) is 0 Å². The van der Waals surface area contributed by atoms with Gasteiger partial charge in [-0.1, -0.05) is 11.6 Å². The lowest BCUT2D eigenvalue weighted by Gasteiger charge is -2.05. The van der Waals surface area contributed by atoms with Crippen LogP contribution in [0.3, 0.4) is 0 Å². The van der Waals surface area contributed by atoms with Crippen LogP contribution >= 0.6 is 45.8 Å². The molecule has 1 heterocycles. The quantitative estimate of drug-likeness (QED) is 0.601. The van der Waals surface area contributed by atoms with Crippen molar-refractivity contribution in [1.82, 2.24) is 4.98 Å². The maximum absolute atomic E-state index is 12.3. The van der Waals surface area contributed by atoms with E-state index in [0.717, 1.165) is 0 Å². The summed E-state index contributed by atoms with van der Waals surface area (Å²) in [5.41, 5.74) is -0.831. The van der Waals surface area contributed by atoms with Gasteiger partial charge in [0.15, 0.2) is 0 Å². The summed E-state index contributed by atoms with van der Waals surface area (Å²) >= 11 is 12.3. The average Bonchev–Trinajstić information content (AvgIpc) is 2.02. The fraction of sp³-hybridized carbons (Fsp3) is 0.143. The van der Waals surface area contributed by atoms with Crippen LogP contribution in [0.1, 0.15) is 22.6 Å². The number of nitrogens with zero attached hydrogens (tertiary/aromatic N) is 1. The van der Waals surface area contributed by atoms with Crippen molar-refractivity contribution < 1.29 is 13.6 Å². The number of hydrogen-bond donors (Lipinski definition) is 0. The van der Waals surface area contributed by atoms with Crippen LogP contribution in [0.5, 0.6) is 0 Å². The molecule has 0 aliphatic rings. The fourth-order valence-corrected chi connectivity index (χ4v) is 2.05. The third-order valence-corrected chi connectivity index (χ3v) is 2.68. The molecule has 0 saturated heterocycles. The molecular weight excluding hydrogens is 350 g/mol. The largest absolute Gasteiger partial charge is 0.281 e. The molecule has 0 radical (unpaired) electrons. The minimum absolute atomic E-state index is 0.0289. The van der Waals surface area contributed by atoms with Gasteiger partial charge in [0.25, 0.3) is 11.7 Å². The maximum atomic E-state index is 12.3. The van der Waals surface area contributed by atoms with Crippen LogP contribution < -0.4 is 0 Å². The third-order valence-electron chi connectivity index (χ3n) is 1.35. The molecule has 0 aliphatic heterocycles. The van der Waals surface area contributed by atoms with Gasteiger partial charge in [0.1, 0.15) is 11.4 Å². The molecule has 1 rings (SSSR count). The first kappa shape index (κ1) is 12.1. The monoisotopic (exact) mass is 351 g/mol. The fourth-order valence-electron chi connectivity index (χ4n) is 0.772. The molecule has 14 heavy (non-hydrogen) atoms. The van der Waals surface area contributed by atoms with Gasteiger partial charge in [-0.3, -0.25) is 4.79 Å². The molecule has 0 bridgehead atoms. The molecule has 0 N–H and O–H groups in total. The number of carbonyl (C=O) groups excluding carboxylic acids is 1. The first-order chi connectivity index (χ1) is 6.43. The summed E-state index contributed by atoms with van der Waals surface area (Å²) in [5, 5.41) is -0.980. The first-order valence-corrected chi connectivity index (χ1v) is 5.11. The second kappa shape index (κ2) is 4.67. The van der Waals surface area contributed by atoms with Crippen molar-refractivity contribution in [2.45, 2.75) is 6.43 Å². The highest BCUT2D eigenvalue weighted by molar-refractivity contribution is 14.1. The summed E-state index contributed by atoms with van der Waals surface area (Å²) in [4.78, 5) is 14.1. The molecule has 0 aromatic carbocycles. The van der Waals surface area contributed by atoms with E-state index in [2.05, 4.69) is 4.98 Å². The van der Waals surface area contributed by atoms with E-state index >= 15 is 0 Å². The molecule has 0 spiro atoms. The molecule has 1 aromatic rings. The molecule has 7 heteroatoms. The molecule has 1 aromatic heterocycles. The van der Waals surface area contributed by atoms with Crippen LogP contribution in [0.15, 0.2) is 6.07 Å². The number of aromatic nitrogens is 1. The Hall–Kier alpha value is -0.0100. The van der Waals surface area contributed by atoms with Crippen LogP contribution in [0, 0.1) is 3.57 Å². The van der Waals surface area contributed by atoms with Crippen LogP contribution in [-0.4, -0.2) is 10.2 Å². The van der Waals surface area contributed by atoms with E-state index in [1.165, 1.54) is 6.07 Å². The Bertz CT molecular complexity index is 386. The Labute approximate surface area is 102 Å². The van der Waals surface area contributed by atoms with E-state index in [-0.39, 0.29) is 14.3 Å². The van der Waals surface area contributed by atoms with Gasteiger partial charge in [0.2, 0.25) is 0 Å². The molecule has 0 fully saturated rings. The number of halogens is 5. The van der Waals surface area contributed by atoms with Gasteiger partial charge in [0, 0.05) is 3.57 Å². The van der Waals surface area contributed by atoms with Crippen molar-refractivity contribution in [2.75, 3.05) is 0 Å². The van der Waals surface area contributed by atoms with Gasteiger partial charge < -0.3 is 0 Å². The topological polar surface area (TPSA) is 30.0 Å². The van der Waals surface area contributed by atoms with Crippen LogP contribution in [0.25, 0.3) is 0 Å². The van der Waals surface area contributed by atoms with Crippen LogP contribution in [0.4, 0.5) is 8.78 Å². The number of hydrogen-bond acceptors (Lipinski definition) is 2. The molecule has 76 valence electrons. The highest BCUT2D eigenvalue weighted by atomic mass is 127. The van der Waals surface area contributed by atoms with E-state index in [1.807, 2.05) is 0 Å². The summed E-state index contributed by atoms with van der Waals surface area (Å²) < 4.78 is 24.9. The Balaban J connectivity index is 3.34. The predicted octanol–water partition coefficient (Wildman–Crippen LogP) is 3.66. The summed E-state index contributed by atoms with van der Waals surface area (Å²) in [6.45, 7) is 0. The van der Waals surface area contributed by atoms with E-state index in [4.69, 9.17) is 23.2 Å². The first-order valence-electron chi connectivity index (χ1n) is 3.27. The van der Waals surface area contributed by atoms with Gasteiger partial charge in [-0.15, -0.1) is 0 Å². The van der Waals surface area contributed by atoms with E-state index in [9.17, 15) is 13.6 Å². The summed E-state index contributed by atoms with van der Waals surface area (Å²) in [7, 11) is 0. The van der Waals surface area contributed by atoms with Crippen LogP contribution in [-0.2, 0) is 0 Å².